The van der Waals surface area contributed by atoms with Crippen molar-refractivity contribution in [1.29, 1.82) is 0 Å². The molecule has 1 aromatic carbocycles. The summed E-state index contributed by atoms with van der Waals surface area (Å²) in [6, 6.07) is 7.26. The minimum Gasteiger partial charge on any atom is -0.493 e. The average molecular weight is 505 g/mol. The van der Waals surface area contributed by atoms with Gasteiger partial charge in [-0.25, -0.2) is 19.1 Å². The van der Waals surface area contributed by atoms with Crippen molar-refractivity contribution in [3.8, 4) is 11.5 Å². The maximum Gasteiger partial charge on any atom is 0.423 e. The van der Waals surface area contributed by atoms with Gasteiger partial charge in [-0.3, -0.25) is 4.79 Å². The molecule has 0 fully saturated rings. The average Bonchev–Trinajstić information content (AvgIpc) is 2.84. The standard InChI is InChI=1S/C25H29ClN2O7/c1-6-16(7-2)21(34-18-11-9-8-10-17(18)26)15(4)33-24(30)14(3)28-23(29)20-22(35-25(28)31)19(32-5)12-13-27-20/h8-16,21H,6-7H2,1-5H3/t14-,15-,21-/m0/s1. The lowest BCUT2D eigenvalue weighted by molar-refractivity contribution is -0.158. The fraction of sp³-hybridized carbons (Fsp3) is 0.440. The van der Waals surface area contributed by atoms with Crippen molar-refractivity contribution in [2.24, 2.45) is 5.92 Å². The summed E-state index contributed by atoms with van der Waals surface area (Å²) in [7, 11) is 1.38. The summed E-state index contributed by atoms with van der Waals surface area (Å²) in [5, 5.41) is 0.443. The van der Waals surface area contributed by atoms with Gasteiger partial charge in [0.2, 0.25) is 5.58 Å². The van der Waals surface area contributed by atoms with E-state index in [9.17, 15) is 14.4 Å². The van der Waals surface area contributed by atoms with Crippen LogP contribution in [0.2, 0.25) is 5.02 Å². The van der Waals surface area contributed by atoms with Crippen LogP contribution in [0, 0.1) is 5.92 Å². The van der Waals surface area contributed by atoms with Gasteiger partial charge in [-0.15, -0.1) is 0 Å². The first-order chi connectivity index (χ1) is 16.7. The molecular weight excluding hydrogens is 476 g/mol. The normalized spacial score (nSPS) is 13.9. The van der Waals surface area contributed by atoms with Crippen LogP contribution in [-0.2, 0) is 9.53 Å². The quantitative estimate of drug-likeness (QED) is 0.374. The number of esters is 1. The molecule has 10 heteroatoms. The Kier molecular flexibility index (Phi) is 8.56. The van der Waals surface area contributed by atoms with Gasteiger partial charge in [0.15, 0.2) is 11.3 Å². The Bertz CT molecular complexity index is 1300. The minimum absolute atomic E-state index is 0.0644. The molecule has 9 nitrogen and oxygen atoms in total. The molecule has 3 atom stereocenters. The van der Waals surface area contributed by atoms with Gasteiger partial charge in [0.25, 0.3) is 5.56 Å². The van der Waals surface area contributed by atoms with Gasteiger partial charge in [-0.2, -0.15) is 0 Å². The van der Waals surface area contributed by atoms with Gasteiger partial charge >= 0.3 is 11.7 Å². The molecule has 0 amide bonds. The van der Waals surface area contributed by atoms with Crippen molar-refractivity contribution in [2.75, 3.05) is 7.11 Å². The fourth-order valence-corrected chi connectivity index (χ4v) is 4.16. The van der Waals surface area contributed by atoms with E-state index in [4.69, 9.17) is 30.2 Å². The third-order valence-corrected chi connectivity index (χ3v) is 6.31. The molecule has 2 aromatic heterocycles. The van der Waals surface area contributed by atoms with Crippen LogP contribution in [0.1, 0.15) is 46.6 Å². The SMILES string of the molecule is CCC(CC)[C@@H](Oc1ccccc1Cl)[C@H](C)OC(=O)[C@H](C)n1c(=O)oc2c(OC)ccnc2c1=O. The fourth-order valence-electron chi connectivity index (χ4n) is 3.98. The van der Waals surface area contributed by atoms with Crippen LogP contribution >= 0.6 is 11.6 Å². The van der Waals surface area contributed by atoms with Crippen molar-refractivity contribution in [2.45, 2.75) is 58.8 Å². The molecule has 0 saturated heterocycles. The Labute approximate surface area is 207 Å². The number of pyridine rings is 1. The lowest BCUT2D eigenvalue weighted by atomic mass is 9.93. The number of halogens is 1. The smallest absolute Gasteiger partial charge is 0.423 e. The molecular formula is C25H29ClN2O7. The zero-order chi connectivity index (χ0) is 25.7. The summed E-state index contributed by atoms with van der Waals surface area (Å²) in [6.45, 7) is 7.15. The summed E-state index contributed by atoms with van der Waals surface area (Å²) < 4.78 is 23.0. The molecule has 0 radical (unpaired) electrons. The van der Waals surface area contributed by atoms with Crippen LogP contribution in [0.3, 0.4) is 0 Å². The summed E-state index contributed by atoms with van der Waals surface area (Å²) in [6.07, 6.45) is 1.71. The number of fused-ring (bicyclic) bond motifs is 1. The number of nitrogens with zero attached hydrogens (tertiary/aromatic N) is 2. The molecule has 0 saturated carbocycles. The molecule has 0 spiro atoms. The minimum atomic E-state index is -1.26. The number of rotatable bonds is 10. The number of hydrogen-bond acceptors (Lipinski definition) is 8. The van der Waals surface area contributed by atoms with Crippen LogP contribution in [0.5, 0.6) is 11.5 Å². The number of ether oxygens (including phenoxy) is 3. The molecule has 0 unspecified atom stereocenters. The second-order valence-corrected chi connectivity index (χ2v) is 8.55. The highest BCUT2D eigenvalue weighted by Crippen LogP contribution is 2.30. The summed E-state index contributed by atoms with van der Waals surface area (Å²) >= 11 is 6.27. The van der Waals surface area contributed by atoms with E-state index in [0.717, 1.165) is 12.8 Å². The van der Waals surface area contributed by atoms with E-state index < -0.39 is 35.5 Å². The number of carbonyl (C=O) groups excluding carboxylic acids is 1. The third kappa shape index (κ3) is 5.51. The van der Waals surface area contributed by atoms with E-state index in [1.807, 2.05) is 13.8 Å². The Morgan fingerprint density at radius 2 is 1.80 bits per heavy atom. The monoisotopic (exact) mass is 504 g/mol. The topological polar surface area (TPSA) is 110 Å². The van der Waals surface area contributed by atoms with Crippen LogP contribution in [-0.4, -0.2) is 34.8 Å². The predicted octanol–water partition coefficient (Wildman–Crippen LogP) is 4.39. The van der Waals surface area contributed by atoms with E-state index in [2.05, 4.69) is 4.98 Å². The molecule has 3 aromatic rings. The zero-order valence-corrected chi connectivity index (χ0v) is 21.1. The molecule has 188 valence electrons. The molecule has 2 heterocycles. The van der Waals surface area contributed by atoms with E-state index >= 15 is 0 Å². The number of para-hydroxylation sites is 1. The van der Waals surface area contributed by atoms with Gasteiger partial charge in [-0.1, -0.05) is 37.6 Å². The van der Waals surface area contributed by atoms with Crippen molar-refractivity contribution in [1.82, 2.24) is 9.55 Å². The van der Waals surface area contributed by atoms with Gasteiger partial charge < -0.3 is 18.6 Å². The highest BCUT2D eigenvalue weighted by atomic mass is 35.5. The van der Waals surface area contributed by atoms with Crippen molar-refractivity contribution in [3.05, 3.63) is 62.5 Å². The van der Waals surface area contributed by atoms with Crippen molar-refractivity contribution < 1.29 is 23.4 Å². The number of hydrogen-bond donors (Lipinski definition) is 0. The Morgan fingerprint density at radius 3 is 2.43 bits per heavy atom. The molecule has 0 aliphatic heterocycles. The first-order valence-corrected chi connectivity index (χ1v) is 11.8. The Morgan fingerprint density at radius 1 is 1.11 bits per heavy atom. The molecule has 0 N–H and O–H groups in total. The van der Waals surface area contributed by atoms with Gasteiger partial charge in [-0.05, 0) is 44.7 Å². The molecule has 3 rings (SSSR count). The Hall–Kier alpha value is -3.33. The molecule has 0 aliphatic rings. The van der Waals surface area contributed by atoms with E-state index in [1.54, 1.807) is 31.2 Å². The summed E-state index contributed by atoms with van der Waals surface area (Å²) in [4.78, 5) is 42.7. The van der Waals surface area contributed by atoms with E-state index in [-0.39, 0.29) is 22.8 Å². The number of methoxy groups -OCH3 is 1. The number of aromatic nitrogens is 2. The van der Waals surface area contributed by atoms with Crippen LogP contribution in [0.25, 0.3) is 11.1 Å². The van der Waals surface area contributed by atoms with E-state index in [0.29, 0.717) is 15.3 Å². The lowest BCUT2D eigenvalue weighted by Crippen LogP contribution is -2.43. The van der Waals surface area contributed by atoms with Crippen LogP contribution in [0.4, 0.5) is 0 Å². The van der Waals surface area contributed by atoms with Crippen molar-refractivity contribution in [3.63, 3.8) is 0 Å². The lowest BCUT2D eigenvalue weighted by Gasteiger charge is -2.32. The molecule has 0 aliphatic carbocycles. The van der Waals surface area contributed by atoms with Gasteiger partial charge in [0.05, 0.1) is 12.1 Å². The second-order valence-electron chi connectivity index (χ2n) is 8.14. The van der Waals surface area contributed by atoms with Gasteiger partial charge in [0.1, 0.15) is 24.0 Å². The first kappa shape index (κ1) is 26.3. The predicted molar refractivity (Wildman–Crippen MR) is 131 cm³/mol. The maximum atomic E-state index is 13.1. The zero-order valence-electron chi connectivity index (χ0n) is 20.3. The second kappa shape index (κ2) is 11.4. The van der Waals surface area contributed by atoms with E-state index in [1.165, 1.54) is 26.3 Å². The number of benzene rings is 1. The first-order valence-electron chi connectivity index (χ1n) is 11.4. The maximum absolute atomic E-state index is 13.1. The van der Waals surface area contributed by atoms with Crippen LogP contribution < -0.4 is 20.8 Å². The molecule has 0 bridgehead atoms. The molecule has 35 heavy (non-hydrogen) atoms. The summed E-state index contributed by atoms with van der Waals surface area (Å²) in [5.41, 5.74) is -0.998. The highest BCUT2D eigenvalue weighted by Gasteiger charge is 2.32. The third-order valence-electron chi connectivity index (χ3n) is 6.00. The largest absolute Gasteiger partial charge is 0.493 e. The number of carbonyl (C=O) groups is 1. The van der Waals surface area contributed by atoms with Crippen LogP contribution in [0.15, 0.2) is 50.5 Å². The highest BCUT2D eigenvalue weighted by molar-refractivity contribution is 6.32. The Balaban J connectivity index is 1.89. The van der Waals surface area contributed by atoms with Crippen molar-refractivity contribution >= 4 is 28.7 Å². The van der Waals surface area contributed by atoms with Gasteiger partial charge in [0, 0.05) is 12.3 Å². The summed E-state index contributed by atoms with van der Waals surface area (Å²) in [5.74, 6) is -1.07.